The molecule has 0 aliphatic heterocycles. The molecular formula is C13H18ClN3S. The Bertz CT molecular complexity index is 518. The highest BCUT2D eigenvalue weighted by atomic mass is 35.5. The molecule has 0 radical (unpaired) electrons. The van der Waals surface area contributed by atoms with Crippen LogP contribution in [-0.2, 0) is 13.5 Å². The van der Waals surface area contributed by atoms with Gasteiger partial charge >= 0.3 is 0 Å². The molecule has 98 valence electrons. The molecule has 5 heteroatoms. The first kappa shape index (κ1) is 13.6. The smallest absolute Gasteiger partial charge is 0.0719 e. The van der Waals surface area contributed by atoms with Crippen LogP contribution in [0.2, 0.25) is 5.02 Å². The van der Waals surface area contributed by atoms with Crippen LogP contribution in [0.25, 0.3) is 0 Å². The van der Waals surface area contributed by atoms with Crippen molar-refractivity contribution in [3.8, 4) is 0 Å². The van der Waals surface area contributed by atoms with E-state index >= 15 is 0 Å². The molecule has 1 atom stereocenters. The summed E-state index contributed by atoms with van der Waals surface area (Å²) in [6.45, 7) is 5.14. The van der Waals surface area contributed by atoms with Crippen LogP contribution >= 0.6 is 22.9 Å². The quantitative estimate of drug-likeness (QED) is 0.911. The Balaban J connectivity index is 2.44. The largest absolute Gasteiger partial charge is 0.306 e. The number of thiophene rings is 1. The number of aromatic nitrogens is 2. The summed E-state index contributed by atoms with van der Waals surface area (Å²) < 4.78 is 1.88. The van der Waals surface area contributed by atoms with Gasteiger partial charge < -0.3 is 5.32 Å². The summed E-state index contributed by atoms with van der Waals surface area (Å²) in [5.41, 5.74) is 2.36. The molecule has 0 aliphatic rings. The Morgan fingerprint density at radius 2 is 2.28 bits per heavy atom. The van der Waals surface area contributed by atoms with Crippen LogP contribution in [0.3, 0.4) is 0 Å². The molecule has 0 fully saturated rings. The lowest BCUT2D eigenvalue weighted by molar-refractivity contribution is 0.634. The third kappa shape index (κ3) is 2.60. The van der Waals surface area contributed by atoms with Crippen LogP contribution in [0.5, 0.6) is 0 Å². The minimum Gasteiger partial charge on any atom is -0.306 e. The molecule has 1 unspecified atom stereocenters. The van der Waals surface area contributed by atoms with Crippen LogP contribution in [0.1, 0.15) is 36.0 Å². The summed E-state index contributed by atoms with van der Waals surface area (Å²) in [7, 11) is 1.96. The van der Waals surface area contributed by atoms with E-state index in [9.17, 15) is 0 Å². The first-order chi connectivity index (χ1) is 8.67. The molecule has 0 bridgehead atoms. The van der Waals surface area contributed by atoms with Gasteiger partial charge in [0.05, 0.1) is 16.8 Å². The predicted octanol–water partition coefficient (Wildman–Crippen LogP) is 3.40. The maximum absolute atomic E-state index is 6.27. The molecule has 0 aliphatic carbocycles. The first-order valence-corrected chi connectivity index (χ1v) is 7.41. The summed E-state index contributed by atoms with van der Waals surface area (Å²) >= 11 is 7.96. The summed E-state index contributed by atoms with van der Waals surface area (Å²) in [5, 5.41) is 10.9. The molecule has 2 heterocycles. The fourth-order valence-corrected chi connectivity index (χ4v) is 3.39. The molecule has 3 nitrogen and oxygen atoms in total. The molecular weight excluding hydrogens is 266 g/mol. The highest BCUT2D eigenvalue weighted by molar-refractivity contribution is 7.10. The van der Waals surface area contributed by atoms with E-state index in [2.05, 4.69) is 30.5 Å². The van der Waals surface area contributed by atoms with Crippen molar-refractivity contribution in [1.82, 2.24) is 15.1 Å². The minimum absolute atomic E-state index is 0.145. The van der Waals surface area contributed by atoms with Crippen LogP contribution in [0.15, 0.2) is 17.6 Å². The lowest BCUT2D eigenvalue weighted by Crippen LogP contribution is -2.22. The molecule has 0 spiro atoms. The summed E-state index contributed by atoms with van der Waals surface area (Å²) in [6, 6.07) is 2.10. The molecule has 1 N–H and O–H groups in total. The highest BCUT2D eigenvalue weighted by Crippen LogP contribution is 2.34. The Hall–Kier alpha value is -0.840. The fraction of sp³-hybridized carbons (Fsp3) is 0.462. The lowest BCUT2D eigenvalue weighted by Gasteiger charge is -2.17. The van der Waals surface area contributed by atoms with Gasteiger partial charge in [0, 0.05) is 23.7 Å². The van der Waals surface area contributed by atoms with Gasteiger partial charge in [-0.2, -0.15) is 5.10 Å². The van der Waals surface area contributed by atoms with Crippen molar-refractivity contribution >= 4 is 22.9 Å². The Morgan fingerprint density at radius 3 is 2.83 bits per heavy atom. The van der Waals surface area contributed by atoms with Gasteiger partial charge in [-0.1, -0.05) is 25.4 Å². The van der Waals surface area contributed by atoms with E-state index in [1.807, 2.05) is 23.2 Å². The van der Waals surface area contributed by atoms with E-state index < -0.39 is 0 Å². The van der Waals surface area contributed by atoms with E-state index in [4.69, 9.17) is 11.6 Å². The molecule has 0 saturated carbocycles. The van der Waals surface area contributed by atoms with E-state index in [1.54, 1.807) is 11.3 Å². The standard InChI is InChI=1S/C13H18ClN3S/c1-4-11-9(8-17(3)16-11)12(15-5-2)13-10(14)6-7-18-13/h6-8,12,15H,4-5H2,1-3H3. The van der Waals surface area contributed by atoms with Crippen molar-refractivity contribution < 1.29 is 0 Å². The number of aryl methyl sites for hydroxylation is 2. The lowest BCUT2D eigenvalue weighted by atomic mass is 10.0. The number of halogens is 1. The summed E-state index contributed by atoms with van der Waals surface area (Å²) in [5.74, 6) is 0. The zero-order valence-electron chi connectivity index (χ0n) is 10.9. The molecule has 0 amide bonds. The van der Waals surface area contributed by atoms with Gasteiger partial charge in [0.15, 0.2) is 0 Å². The minimum atomic E-state index is 0.145. The van der Waals surface area contributed by atoms with E-state index in [1.165, 1.54) is 10.4 Å². The molecule has 0 aromatic carbocycles. The number of rotatable bonds is 5. The first-order valence-electron chi connectivity index (χ1n) is 6.16. The van der Waals surface area contributed by atoms with E-state index in [0.29, 0.717) is 0 Å². The average molecular weight is 284 g/mol. The zero-order chi connectivity index (χ0) is 13.1. The van der Waals surface area contributed by atoms with Crippen LogP contribution in [0, 0.1) is 0 Å². The molecule has 0 saturated heterocycles. The van der Waals surface area contributed by atoms with Crippen molar-refractivity contribution in [2.45, 2.75) is 26.3 Å². The number of hydrogen-bond acceptors (Lipinski definition) is 3. The Kier molecular flexibility index (Phi) is 4.43. The van der Waals surface area contributed by atoms with Crippen LogP contribution in [-0.4, -0.2) is 16.3 Å². The van der Waals surface area contributed by atoms with Gasteiger partial charge in [-0.25, -0.2) is 0 Å². The van der Waals surface area contributed by atoms with Gasteiger partial charge in [-0.3, -0.25) is 4.68 Å². The maximum atomic E-state index is 6.27. The van der Waals surface area contributed by atoms with Gasteiger partial charge in [0.25, 0.3) is 0 Å². The highest BCUT2D eigenvalue weighted by Gasteiger charge is 2.22. The zero-order valence-corrected chi connectivity index (χ0v) is 12.5. The normalized spacial score (nSPS) is 12.9. The molecule has 2 aromatic heterocycles. The fourth-order valence-electron chi connectivity index (χ4n) is 2.13. The molecule has 2 aromatic rings. The Labute approximate surface area is 117 Å². The summed E-state index contributed by atoms with van der Waals surface area (Å²) in [4.78, 5) is 1.17. The van der Waals surface area contributed by atoms with Gasteiger partial charge in [0.1, 0.15) is 0 Å². The summed E-state index contributed by atoms with van der Waals surface area (Å²) in [6.07, 6.45) is 3.02. The van der Waals surface area contributed by atoms with Crippen molar-refractivity contribution in [2.24, 2.45) is 7.05 Å². The maximum Gasteiger partial charge on any atom is 0.0719 e. The third-order valence-electron chi connectivity index (χ3n) is 2.90. The topological polar surface area (TPSA) is 29.9 Å². The van der Waals surface area contributed by atoms with Gasteiger partial charge in [0.2, 0.25) is 0 Å². The average Bonchev–Trinajstić information content (AvgIpc) is 2.92. The second kappa shape index (κ2) is 5.87. The van der Waals surface area contributed by atoms with Crippen molar-refractivity contribution in [2.75, 3.05) is 6.54 Å². The van der Waals surface area contributed by atoms with E-state index in [-0.39, 0.29) is 6.04 Å². The Morgan fingerprint density at radius 1 is 1.50 bits per heavy atom. The molecule has 2 rings (SSSR count). The van der Waals surface area contributed by atoms with Crippen molar-refractivity contribution in [3.63, 3.8) is 0 Å². The van der Waals surface area contributed by atoms with Crippen LogP contribution < -0.4 is 5.32 Å². The van der Waals surface area contributed by atoms with E-state index in [0.717, 1.165) is 23.7 Å². The second-order valence-electron chi connectivity index (χ2n) is 4.18. The van der Waals surface area contributed by atoms with Gasteiger partial charge in [-0.15, -0.1) is 11.3 Å². The number of nitrogens with zero attached hydrogens (tertiary/aromatic N) is 2. The van der Waals surface area contributed by atoms with Crippen LogP contribution in [0.4, 0.5) is 0 Å². The monoisotopic (exact) mass is 283 g/mol. The predicted molar refractivity (Wildman–Crippen MR) is 77.4 cm³/mol. The second-order valence-corrected chi connectivity index (χ2v) is 5.54. The van der Waals surface area contributed by atoms with Gasteiger partial charge in [-0.05, 0) is 24.4 Å². The van der Waals surface area contributed by atoms with Crippen molar-refractivity contribution in [3.05, 3.63) is 38.8 Å². The third-order valence-corrected chi connectivity index (χ3v) is 4.32. The number of nitrogens with one attached hydrogen (secondary N) is 1. The SMILES string of the molecule is CCNC(c1cn(C)nc1CC)c1sccc1Cl. The van der Waals surface area contributed by atoms with Crippen molar-refractivity contribution in [1.29, 1.82) is 0 Å². The molecule has 18 heavy (non-hydrogen) atoms. The number of hydrogen-bond donors (Lipinski definition) is 1.